The van der Waals surface area contributed by atoms with Gasteiger partial charge in [0.15, 0.2) is 5.92 Å². The van der Waals surface area contributed by atoms with Crippen LogP contribution in [0.4, 0.5) is 10.5 Å². The van der Waals surface area contributed by atoms with Gasteiger partial charge in [0.1, 0.15) is 0 Å². The standard InChI is InChI=1S/C20H23N3O3/c1-14-7-5-6-10-17(14)23-19(25)16(18(24)22-20(23)26)13-21-12-11-15-8-3-2-4-9-15/h5-8,10,13,16H,2-4,9,11-12H2,1H3,(H,22,24,26)/t16-/m1/s1. The van der Waals surface area contributed by atoms with Crippen molar-refractivity contribution in [1.82, 2.24) is 5.32 Å². The highest BCUT2D eigenvalue weighted by Crippen LogP contribution is 2.24. The van der Waals surface area contributed by atoms with Gasteiger partial charge in [-0.1, -0.05) is 29.8 Å². The molecule has 0 saturated carbocycles. The molecule has 1 aliphatic heterocycles. The number of amides is 4. The SMILES string of the molecule is Cc1ccccc1N1C(=O)NC(=O)[C@@H](C=NCCC2=CCCCC2)C1=O. The Labute approximate surface area is 153 Å². The summed E-state index contributed by atoms with van der Waals surface area (Å²) in [6.45, 7) is 2.36. The van der Waals surface area contributed by atoms with Gasteiger partial charge in [-0.25, -0.2) is 9.69 Å². The number of carbonyl (C=O) groups excluding carboxylic acids is 3. The Morgan fingerprint density at radius 2 is 2.04 bits per heavy atom. The van der Waals surface area contributed by atoms with E-state index in [0.29, 0.717) is 12.2 Å². The molecule has 1 fully saturated rings. The van der Waals surface area contributed by atoms with E-state index in [4.69, 9.17) is 0 Å². The van der Waals surface area contributed by atoms with Crippen molar-refractivity contribution in [2.45, 2.75) is 39.0 Å². The third-order valence-electron chi connectivity index (χ3n) is 4.76. The van der Waals surface area contributed by atoms with Gasteiger partial charge >= 0.3 is 6.03 Å². The summed E-state index contributed by atoms with van der Waals surface area (Å²) < 4.78 is 0. The van der Waals surface area contributed by atoms with Gasteiger partial charge in [0.2, 0.25) is 5.91 Å². The average molecular weight is 353 g/mol. The molecule has 3 rings (SSSR count). The van der Waals surface area contributed by atoms with Gasteiger partial charge in [-0.2, -0.15) is 0 Å². The van der Waals surface area contributed by atoms with Crippen LogP contribution in [-0.4, -0.2) is 30.6 Å². The summed E-state index contributed by atoms with van der Waals surface area (Å²) in [5.41, 5.74) is 2.66. The number of nitrogens with zero attached hydrogens (tertiary/aromatic N) is 2. The van der Waals surface area contributed by atoms with Crippen LogP contribution < -0.4 is 10.2 Å². The number of allylic oxidation sites excluding steroid dienone is 1. The van der Waals surface area contributed by atoms with E-state index in [1.807, 2.05) is 19.1 Å². The average Bonchev–Trinajstić information content (AvgIpc) is 2.63. The smallest absolute Gasteiger partial charge is 0.296 e. The topological polar surface area (TPSA) is 78.8 Å². The van der Waals surface area contributed by atoms with Crippen molar-refractivity contribution in [2.75, 3.05) is 11.4 Å². The van der Waals surface area contributed by atoms with E-state index in [1.54, 1.807) is 12.1 Å². The normalized spacial score (nSPS) is 21.1. The van der Waals surface area contributed by atoms with Crippen LogP contribution >= 0.6 is 0 Å². The third kappa shape index (κ3) is 3.90. The molecule has 6 heteroatoms. The first kappa shape index (κ1) is 18.0. The van der Waals surface area contributed by atoms with Gasteiger partial charge in [-0.05, 0) is 50.7 Å². The lowest BCUT2D eigenvalue weighted by Crippen LogP contribution is -2.58. The molecule has 0 aromatic heterocycles. The Morgan fingerprint density at radius 1 is 1.23 bits per heavy atom. The van der Waals surface area contributed by atoms with Crippen LogP contribution in [0.2, 0.25) is 0 Å². The summed E-state index contributed by atoms with van der Waals surface area (Å²) in [6, 6.07) is 6.36. The number of para-hydroxylation sites is 1. The van der Waals surface area contributed by atoms with Gasteiger partial charge in [-0.15, -0.1) is 0 Å². The lowest BCUT2D eigenvalue weighted by atomic mass is 9.97. The van der Waals surface area contributed by atoms with Gasteiger partial charge in [0.05, 0.1) is 5.69 Å². The van der Waals surface area contributed by atoms with Crippen molar-refractivity contribution in [2.24, 2.45) is 10.9 Å². The zero-order valence-corrected chi connectivity index (χ0v) is 14.9. The lowest BCUT2D eigenvalue weighted by Gasteiger charge is -2.29. The molecule has 6 nitrogen and oxygen atoms in total. The number of carbonyl (C=O) groups is 3. The van der Waals surface area contributed by atoms with E-state index in [0.717, 1.165) is 29.7 Å². The molecule has 2 aliphatic rings. The summed E-state index contributed by atoms with van der Waals surface area (Å²) in [6.07, 6.45) is 9.16. The number of barbiturate groups is 1. The van der Waals surface area contributed by atoms with Crippen LogP contribution in [0.1, 0.15) is 37.7 Å². The molecule has 1 aromatic rings. The number of aliphatic imine (C=N–C) groups is 1. The van der Waals surface area contributed by atoms with Crippen LogP contribution in [0.25, 0.3) is 0 Å². The van der Waals surface area contributed by atoms with Gasteiger partial charge in [0.25, 0.3) is 5.91 Å². The zero-order valence-electron chi connectivity index (χ0n) is 14.9. The molecule has 1 aliphatic carbocycles. The monoisotopic (exact) mass is 353 g/mol. The highest BCUT2D eigenvalue weighted by molar-refractivity contribution is 6.32. The van der Waals surface area contributed by atoms with Crippen molar-refractivity contribution < 1.29 is 14.4 Å². The molecule has 1 aromatic carbocycles. The minimum absolute atomic E-state index is 0.480. The summed E-state index contributed by atoms with van der Waals surface area (Å²) in [7, 11) is 0. The predicted octanol–water partition coefficient (Wildman–Crippen LogP) is 3.16. The molecule has 0 unspecified atom stereocenters. The van der Waals surface area contributed by atoms with Crippen LogP contribution in [0, 0.1) is 12.8 Å². The molecular weight excluding hydrogens is 330 g/mol. The Balaban J connectivity index is 1.70. The van der Waals surface area contributed by atoms with Crippen molar-refractivity contribution in [3.05, 3.63) is 41.5 Å². The van der Waals surface area contributed by atoms with Gasteiger partial charge < -0.3 is 0 Å². The number of hydrogen-bond acceptors (Lipinski definition) is 4. The third-order valence-corrected chi connectivity index (χ3v) is 4.76. The van der Waals surface area contributed by atoms with Crippen LogP contribution in [0.3, 0.4) is 0 Å². The molecule has 1 atom stereocenters. The van der Waals surface area contributed by atoms with Crippen molar-refractivity contribution >= 4 is 29.7 Å². The maximum absolute atomic E-state index is 12.7. The van der Waals surface area contributed by atoms with Crippen molar-refractivity contribution in [3.63, 3.8) is 0 Å². The first-order valence-corrected chi connectivity index (χ1v) is 9.00. The van der Waals surface area contributed by atoms with E-state index >= 15 is 0 Å². The number of benzene rings is 1. The fourth-order valence-electron chi connectivity index (χ4n) is 3.28. The molecule has 0 radical (unpaired) electrons. The molecule has 136 valence electrons. The Morgan fingerprint density at radius 3 is 2.77 bits per heavy atom. The summed E-state index contributed by atoms with van der Waals surface area (Å²) in [5.74, 6) is -2.26. The molecule has 1 heterocycles. The number of urea groups is 1. The molecule has 0 bridgehead atoms. The van der Waals surface area contributed by atoms with E-state index in [-0.39, 0.29) is 0 Å². The highest BCUT2D eigenvalue weighted by atomic mass is 16.2. The second-order valence-corrected chi connectivity index (χ2v) is 6.65. The first-order chi connectivity index (χ1) is 12.6. The largest absolute Gasteiger partial charge is 0.335 e. The number of anilines is 1. The quantitative estimate of drug-likeness (QED) is 0.502. The maximum Gasteiger partial charge on any atom is 0.335 e. The van der Waals surface area contributed by atoms with Crippen molar-refractivity contribution in [1.29, 1.82) is 0 Å². The van der Waals surface area contributed by atoms with E-state index in [9.17, 15) is 14.4 Å². The van der Waals surface area contributed by atoms with Gasteiger partial charge in [0, 0.05) is 12.8 Å². The molecule has 0 spiro atoms. The zero-order chi connectivity index (χ0) is 18.5. The fourth-order valence-corrected chi connectivity index (χ4v) is 3.28. The number of nitrogens with one attached hydrogen (secondary N) is 1. The Bertz CT molecular complexity index is 782. The molecule has 4 amide bonds. The lowest BCUT2D eigenvalue weighted by molar-refractivity contribution is -0.131. The second kappa shape index (κ2) is 8.08. The Kier molecular flexibility index (Phi) is 5.61. The van der Waals surface area contributed by atoms with E-state index < -0.39 is 23.8 Å². The number of aryl methyl sites for hydroxylation is 1. The molecule has 26 heavy (non-hydrogen) atoms. The number of rotatable bonds is 5. The summed E-state index contributed by atoms with van der Waals surface area (Å²) in [5, 5.41) is 2.25. The van der Waals surface area contributed by atoms with E-state index in [2.05, 4.69) is 16.4 Å². The minimum atomic E-state index is -1.08. The maximum atomic E-state index is 12.7. The van der Waals surface area contributed by atoms with Crippen LogP contribution in [-0.2, 0) is 9.59 Å². The molecule has 1 N–H and O–H groups in total. The second-order valence-electron chi connectivity index (χ2n) is 6.65. The number of imide groups is 2. The Hall–Kier alpha value is -2.76. The van der Waals surface area contributed by atoms with Crippen molar-refractivity contribution in [3.8, 4) is 0 Å². The van der Waals surface area contributed by atoms with Gasteiger partial charge in [-0.3, -0.25) is 19.9 Å². The minimum Gasteiger partial charge on any atom is -0.296 e. The van der Waals surface area contributed by atoms with E-state index in [1.165, 1.54) is 24.6 Å². The molecule has 1 saturated heterocycles. The summed E-state index contributed by atoms with van der Waals surface area (Å²) >= 11 is 0. The first-order valence-electron chi connectivity index (χ1n) is 9.00. The number of hydrogen-bond donors (Lipinski definition) is 1. The summed E-state index contributed by atoms with van der Waals surface area (Å²) in [4.78, 5) is 42.3. The molecular formula is C20H23N3O3. The predicted molar refractivity (Wildman–Crippen MR) is 100 cm³/mol. The van der Waals surface area contributed by atoms with Crippen LogP contribution in [0.15, 0.2) is 40.9 Å². The van der Waals surface area contributed by atoms with Crippen LogP contribution in [0.5, 0.6) is 0 Å². The fraction of sp³-hybridized carbons (Fsp3) is 0.400. The highest BCUT2D eigenvalue weighted by Gasteiger charge is 2.40.